The number of carboxylic acid groups (broad SMARTS) is 1. The van der Waals surface area contributed by atoms with Crippen LogP contribution in [0.4, 0.5) is 8.78 Å². The van der Waals surface area contributed by atoms with Gasteiger partial charge in [0.25, 0.3) is 0 Å². The lowest BCUT2D eigenvalue weighted by Crippen LogP contribution is -2.11. The SMILES string of the molecule is Cc1c(C(=O)O)c2cc(O)ccc2n1Cc1ccco1.NC(=O)c1cc(F)cc(F)c1. The number of carbonyl (C=O) groups excluding carboxylic acids is 1. The molecule has 4 rings (SSSR count). The molecule has 0 aliphatic heterocycles. The van der Waals surface area contributed by atoms with E-state index in [4.69, 9.17) is 10.2 Å². The van der Waals surface area contributed by atoms with E-state index < -0.39 is 23.5 Å². The van der Waals surface area contributed by atoms with Crippen molar-refractivity contribution < 1.29 is 33.0 Å². The first-order chi connectivity index (χ1) is 14.7. The average Bonchev–Trinajstić information content (AvgIpc) is 3.28. The van der Waals surface area contributed by atoms with Crippen LogP contribution in [0.3, 0.4) is 0 Å². The number of aromatic nitrogens is 1. The van der Waals surface area contributed by atoms with Crippen LogP contribution in [0.15, 0.2) is 59.2 Å². The molecule has 2 aromatic heterocycles. The van der Waals surface area contributed by atoms with Crippen LogP contribution in [-0.4, -0.2) is 26.7 Å². The number of fused-ring (bicyclic) bond motifs is 1. The van der Waals surface area contributed by atoms with Crippen LogP contribution in [0.25, 0.3) is 10.9 Å². The number of benzene rings is 2. The van der Waals surface area contributed by atoms with Crippen molar-refractivity contribution in [2.75, 3.05) is 0 Å². The van der Waals surface area contributed by atoms with Gasteiger partial charge in [0.05, 0.1) is 18.4 Å². The summed E-state index contributed by atoms with van der Waals surface area (Å²) in [6.07, 6.45) is 1.58. The van der Waals surface area contributed by atoms with E-state index in [2.05, 4.69) is 0 Å². The monoisotopic (exact) mass is 428 g/mol. The molecule has 1 amide bonds. The van der Waals surface area contributed by atoms with Crippen molar-refractivity contribution in [3.8, 4) is 5.75 Å². The van der Waals surface area contributed by atoms with Gasteiger partial charge in [-0.15, -0.1) is 0 Å². The molecule has 2 aromatic carbocycles. The maximum atomic E-state index is 12.3. The molecule has 0 bridgehead atoms. The molecular formula is C22H18F2N2O5. The van der Waals surface area contributed by atoms with Gasteiger partial charge in [-0.3, -0.25) is 4.79 Å². The number of halogens is 2. The summed E-state index contributed by atoms with van der Waals surface area (Å²) >= 11 is 0. The average molecular weight is 428 g/mol. The van der Waals surface area contributed by atoms with Gasteiger partial charge in [-0.1, -0.05) is 0 Å². The zero-order valence-electron chi connectivity index (χ0n) is 16.3. The largest absolute Gasteiger partial charge is 0.508 e. The zero-order chi connectivity index (χ0) is 22.7. The van der Waals surface area contributed by atoms with E-state index in [0.717, 1.165) is 23.4 Å². The van der Waals surface area contributed by atoms with Gasteiger partial charge in [0.15, 0.2) is 0 Å². The number of nitrogens with two attached hydrogens (primary N) is 1. The Labute approximate surface area is 174 Å². The number of rotatable bonds is 4. The highest BCUT2D eigenvalue weighted by Crippen LogP contribution is 2.29. The lowest BCUT2D eigenvalue weighted by atomic mass is 10.1. The molecular weight excluding hydrogens is 410 g/mol. The van der Waals surface area contributed by atoms with Crippen LogP contribution < -0.4 is 5.73 Å². The molecule has 9 heteroatoms. The fraction of sp³-hybridized carbons (Fsp3) is 0.0909. The molecule has 0 aliphatic rings. The highest BCUT2D eigenvalue weighted by atomic mass is 19.1. The zero-order valence-corrected chi connectivity index (χ0v) is 16.3. The molecule has 0 aliphatic carbocycles. The topological polar surface area (TPSA) is 119 Å². The highest BCUT2D eigenvalue weighted by molar-refractivity contribution is 6.05. The Kier molecular flexibility index (Phi) is 6.05. The molecule has 2 heterocycles. The molecule has 0 unspecified atom stereocenters. The van der Waals surface area contributed by atoms with E-state index in [1.54, 1.807) is 31.4 Å². The number of phenols is 1. The number of nitrogens with zero attached hydrogens (tertiary/aromatic N) is 1. The third kappa shape index (κ3) is 4.72. The van der Waals surface area contributed by atoms with Gasteiger partial charge in [-0.2, -0.15) is 0 Å². The minimum atomic E-state index is -1.00. The summed E-state index contributed by atoms with van der Waals surface area (Å²) in [5.41, 5.74) is 6.22. The molecule has 0 saturated carbocycles. The van der Waals surface area contributed by atoms with Crippen LogP contribution in [0.1, 0.15) is 32.2 Å². The summed E-state index contributed by atoms with van der Waals surface area (Å²) in [6.45, 7) is 2.21. The molecule has 31 heavy (non-hydrogen) atoms. The summed E-state index contributed by atoms with van der Waals surface area (Å²) < 4.78 is 31.9. The molecule has 0 fully saturated rings. The summed E-state index contributed by atoms with van der Waals surface area (Å²) in [4.78, 5) is 21.8. The predicted octanol–water partition coefficient (Wildman–Crippen LogP) is 4.06. The molecule has 0 atom stereocenters. The van der Waals surface area contributed by atoms with Gasteiger partial charge < -0.3 is 24.9 Å². The van der Waals surface area contributed by atoms with E-state index in [0.29, 0.717) is 23.7 Å². The number of aromatic carboxylic acids is 1. The first-order valence-corrected chi connectivity index (χ1v) is 9.00. The second kappa shape index (κ2) is 8.70. The van der Waals surface area contributed by atoms with Crippen LogP contribution in [0, 0.1) is 18.6 Å². The second-order valence-corrected chi connectivity index (χ2v) is 6.65. The summed E-state index contributed by atoms with van der Waals surface area (Å²) in [5.74, 6) is -2.66. The smallest absolute Gasteiger partial charge is 0.338 e. The Morgan fingerprint density at radius 2 is 1.77 bits per heavy atom. The fourth-order valence-corrected chi connectivity index (χ4v) is 3.20. The Morgan fingerprint density at radius 1 is 1.10 bits per heavy atom. The number of furan rings is 1. The number of phenolic OH excluding ortho intramolecular Hbond substituents is 1. The van der Waals surface area contributed by atoms with Gasteiger partial charge >= 0.3 is 5.97 Å². The maximum Gasteiger partial charge on any atom is 0.338 e. The lowest BCUT2D eigenvalue weighted by Gasteiger charge is -2.06. The van der Waals surface area contributed by atoms with Gasteiger partial charge in [0, 0.05) is 28.2 Å². The van der Waals surface area contributed by atoms with Crippen LogP contribution >= 0.6 is 0 Å². The number of hydrogen-bond acceptors (Lipinski definition) is 4. The Bertz CT molecular complexity index is 1240. The van der Waals surface area contributed by atoms with Crippen LogP contribution in [0.5, 0.6) is 5.75 Å². The number of hydrogen-bond donors (Lipinski definition) is 3. The Balaban J connectivity index is 0.000000210. The van der Waals surface area contributed by atoms with E-state index in [-0.39, 0.29) is 16.9 Å². The summed E-state index contributed by atoms with van der Waals surface area (Å²) in [6, 6.07) is 10.8. The minimum Gasteiger partial charge on any atom is -0.508 e. The van der Waals surface area contributed by atoms with Gasteiger partial charge in [0.1, 0.15) is 23.1 Å². The maximum absolute atomic E-state index is 12.3. The summed E-state index contributed by atoms with van der Waals surface area (Å²) in [5, 5.41) is 19.5. The van der Waals surface area contributed by atoms with Crippen molar-refractivity contribution in [2.24, 2.45) is 5.73 Å². The van der Waals surface area contributed by atoms with E-state index >= 15 is 0 Å². The van der Waals surface area contributed by atoms with E-state index in [1.807, 2.05) is 10.6 Å². The quantitative estimate of drug-likeness (QED) is 0.453. The first-order valence-electron chi connectivity index (χ1n) is 9.00. The molecule has 160 valence electrons. The molecule has 0 radical (unpaired) electrons. The Hall–Kier alpha value is -4.14. The van der Waals surface area contributed by atoms with Gasteiger partial charge in [-0.05, 0) is 49.4 Å². The first kappa shape index (κ1) is 21.6. The van der Waals surface area contributed by atoms with Crippen LogP contribution in [0.2, 0.25) is 0 Å². The number of amides is 1. The number of primary amides is 1. The fourth-order valence-electron chi connectivity index (χ4n) is 3.20. The number of carbonyl (C=O) groups is 2. The molecule has 0 spiro atoms. The number of carboxylic acids is 1. The molecule has 7 nitrogen and oxygen atoms in total. The molecule has 0 saturated heterocycles. The number of aromatic hydroxyl groups is 1. The van der Waals surface area contributed by atoms with Crippen molar-refractivity contribution in [3.05, 3.63) is 89.0 Å². The van der Waals surface area contributed by atoms with Crippen molar-refractivity contribution >= 4 is 22.8 Å². The highest BCUT2D eigenvalue weighted by Gasteiger charge is 2.20. The second-order valence-electron chi connectivity index (χ2n) is 6.65. The lowest BCUT2D eigenvalue weighted by molar-refractivity contribution is 0.0697. The standard InChI is InChI=1S/C15H13NO4.C7H5F2NO/c1-9-14(15(18)19)12-7-10(17)4-5-13(12)16(9)8-11-3-2-6-20-11;8-5-1-4(7(10)11)2-6(9)3-5/h2-7,17H,8H2,1H3,(H,18,19);1-3H,(H2,10,11). The van der Waals surface area contributed by atoms with Gasteiger partial charge in [0.2, 0.25) is 5.91 Å². The van der Waals surface area contributed by atoms with Crippen molar-refractivity contribution in [3.63, 3.8) is 0 Å². The van der Waals surface area contributed by atoms with Crippen molar-refractivity contribution in [1.82, 2.24) is 4.57 Å². The van der Waals surface area contributed by atoms with E-state index in [1.165, 1.54) is 6.07 Å². The normalized spacial score (nSPS) is 10.5. The third-order valence-electron chi connectivity index (χ3n) is 4.56. The van der Waals surface area contributed by atoms with Crippen LogP contribution in [-0.2, 0) is 6.54 Å². The Morgan fingerprint density at radius 3 is 2.32 bits per heavy atom. The predicted molar refractivity (Wildman–Crippen MR) is 108 cm³/mol. The van der Waals surface area contributed by atoms with E-state index in [9.17, 15) is 28.6 Å². The minimum absolute atomic E-state index is 0.0511. The van der Waals surface area contributed by atoms with Crippen molar-refractivity contribution in [2.45, 2.75) is 13.5 Å². The van der Waals surface area contributed by atoms with Crippen molar-refractivity contribution in [1.29, 1.82) is 0 Å². The molecule has 4 N–H and O–H groups in total. The summed E-state index contributed by atoms with van der Waals surface area (Å²) in [7, 11) is 0. The molecule has 4 aromatic rings. The van der Waals surface area contributed by atoms with Gasteiger partial charge in [-0.25, -0.2) is 13.6 Å². The third-order valence-corrected chi connectivity index (χ3v) is 4.56.